The molecule has 96 valence electrons. The van der Waals surface area contributed by atoms with Gasteiger partial charge in [-0.15, -0.1) is 6.58 Å². The number of hydrogen-bond acceptors (Lipinski definition) is 1. The van der Waals surface area contributed by atoms with Gasteiger partial charge in [-0.3, -0.25) is 0 Å². The molecule has 1 aliphatic carbocycles. The molecule has 0 aliphatic heterocycles. The maximum Gasteiger partial charge on any atom is 0.0456 e. The fraction of sp³-hybridized carbons (Fsp3) is 0.222. The van der Waals surface area contributed by atoms with Crippen molar-refractivity contribution in [2.24, 2.45) is 5.73 Å². The summed E-state index contributed by atoms with van der Waals surface area (Å²) < 4.78 is 0. The van der Waals surface area contributed by atoms with Crippen molar-refractivity contribution in [1.29, 1.82) is 0 Å². The molecule has 2 atom stereocenters. The summed E-state index contributed by atoms with van der Waals surface area (Å²) in [6.07, 6.45) is 3.72. The first-order chi connectivity index (χ1) is 9.24. The van der Waals surface area contributed by atoms with Gasteiger partial charge in [-0.2, -0.15) is 0 Å². The van der Waals surface area contributed by atoms with Gasteiger partial charge in [0.15, 0.2) is 0 Å². The van der Waals surface area contributed by atoms with Crippen LogP contribution in [0.4, 0.5) is 0 Å². The van der Waals surface area contributed by atoms with Crippen LogP contribution < -0.4 is 5.73 Å². The Kier molecular flexibility index (Phi) is 3.00. The molecule has 1 aliphatic rings. The van der Waals surface area contributed by atoms with Crippen molar-refractivity contribution in [1.82, 2.24) is 0 Å². The SMILES string of the molecule is C=CC[C@]1(N)CC(c2ccccc2)c2ccccc21. The van der Waals surface area contributed by atoms with Gasteiger partial charge in [-0.1, -0.05) is 60.7 Å². The lowest BCUT2D eigenvalue weighted by atomic mass is 9.88. The van der Waals surface area contributed by atoms with E-state index in [0.717, 1.165) is 12.8 Å². The Morgan fingerprint density at radius 1 is 1.11 bits per heavy atom. The average Bonchev–Trinajstić information content (AvgIpc) is 2.75. The number of nitrogens with two attached hydrogens (primary N) is 1. The first kappa shape index (κ1) is 12.2. The predicted molar refractivity (Wildman–Crippen MR) is 80.0 cm³/mol. The molecule has 0 bridgehead atoms. The Hall–Kier alpha value is -1.86. The van der Waals surface area contributed by atoms with Gasteiger partial charge in [0.05, 0.1) is 0 Å². The smallest absolute Gasteiger partial charge is 0.0456 e. The van der Waals surface area contributed by atoms with Gasteiger partial charge in [-0.25, -0.2) is 0 Å². The summed E-state index contributed by atoms with van der Waals surface area (Å²) in [7, 11) is 0. The molecule has 2 N–H and O–H groups in total. The van der Waals surface area contributed by atoms with Crippen molar-refractivity contribution < 1.29 is 0 Å². The lowest BCUT2D eigenvalue weighted by Crippen LogP contribution is -2.33. The van der Waals surface area contributed by atoms with Crippen LogP contribution in [0.5, 0.6) is 0 Å². The van der Waals surface area contributed by atoms with E-state index >= 15 is 0 Å². The second kappa shape index (κ2) is 4.67. The summed E-state index contributed by atoms with van der Waals surface area (Å²) >= 11 is 0. The average molecular weight is 249 g/mol. The van der Waals surface area contributed by atoms with Crippen LogP contribution in [0, 0.1) is 0 Å². The molecule has 2 aromatic rings. The Bertz CT molecular complexity index is 588. The molecular formula is C18H19N. The summed E-state index contributed by atoms with van der Waals surface area (Å²) in [4.78, 5) is 0. The lowest BCUT2D eigenvalue weighted by Gasteiger charge is -2.24. The first-order valence-electron chi connectivity index (χ1n) is 6.79. The second-order valence-electron chi connectivity index (χ2n) is 5.40. The molecule has 0 saturated heterocycles. The van der Waals surface area contributed by atoms with Crippen LogP contribution in [0.25, 0.3) is 0 Å². The third-order valence-corrected chi connectivity index (χ3v) is 4.15. The third-order valence-electron chi connectivity index (χ3n) is 4.15. The molecule has 19 heavy (non-hydrogen) atoms. The Labute approximate surface area is 114 Å². The minimum absolute atomic E-state index is 0.265. The van der Waals surface area contributed by atoms with Crippen LogP contribution in [0.15, 0.2) is 67.3 Å². The topological polar surface area (TPSA) is 26.0 Å². The molecule has 0 radical (unpaired) electrons. The minimum Gasteiger partial charge on any atom is -0.321 e. The summed E-state index contributed by atoms with van der Waals surface area (Å²) in [6.45, 7) is 3.86. The van der Waals surface area contributed by atoms with E-state index in [2.05, 4.69) is 61.2 Å². The summed E-state index contributed by atoms with van der Waals surface area (Å²) in [5.74, 6) is 0.405. The molecule has 0 aromatic heterocycles. The molecular weight excluding hydrogens is 230 g/mol. The normalized spacial score (nSPS) is 25.0. The van der Waals surface area contributed by atoms with E-state index in [0.29, 0.717) is 5.92 Å². The van der Waals surface area contributed by atoms with Crippen LogP contribution >= 0.6 is 0 Å². The fourth-order valence-corrected chi connectivity index (χ4v) is 3.27. The molecule has 0 saturated carbocycles. The number of rotatable bonds is 3. The highest BCUT2D eigenvalue weighted by Crippen LogP contribution is 2.47. The van der Waals surface area contributed by atoms with Crippen molar-refractivity contribution in [2.45, 2.75) is 24.3 Å². The van der Waals surface area contributed by atoms with Crippen molar-refractivity contribution in [3.8, 4) is 0 Å². The van der Waals surface area contributed by atoms with Gasteiger partial charge in [-0.05, 0) is 29.5 Å². The number of fused-ring (bicyclic) bond motifs is 1. The van der Waals surface area contributed by atoms with E-state index in [4.69, 9.17) is 5.73 Å². The highest BCUT2D eigenvalue weighted by molar-refractivity contribution is 5.47. The Morgan fingerprint density at radius 3 is 2.53 bits per heavy atom. The van der Waals surface area contributed by atoms with Crippen molar-refractivity contribution in [3.05, 3.63) is 83.9 Å². The predicted octanol–water partition coefficient (Wildman–Crippen LogP) is 3.95. The summed E-state index contributed by atoms with van der Waals surface area (Å²) in [5.41, 5.74) is 10.4. The molecule has 0 spiro atoms. The Morgan fingerprint density at radius 2 is 1.79 bits per heavy atom. The van der Waals surface area contributed by atoms with Gasteiger partial charge < -0.3 is 5.73 Å². The van der Waals surface area contributed by atoms with Gasteiger partial charge in [0, 0.05) is 11.5 Å². The van der Waals surface area contributed by atoms with Crippen molar-refractivity contribution in [3.63, 3.8) is 0 Å². The zero-order valence-corrected chi connectivity index (χ0v) is 11.0. The van der Waals surface area contributed by atoms with E-state index in [1.807, 2.05) is 6.08 Å². The molecule has 1 heteroatoms. The highest BCUT2D eigenvalue weighted by Gasteiger charge is 2.40. The van der Waals surface area contributed by atoms with Crippen LogP contribution in [0.2, 0.25) is 0 Å². The summed E-state index contributed by atoms with van der Waals surface area (Å²) in [6, 6.07) is 19.2. The zero-order chi connectivity index (χ0) is 13.3. The fourth-order valence-electron chi connectivity index (χ4n) is 3.27. The second-order valence-corrected chi connectivity index (χ2v) is 5.40. The monoisotopic (exact) mass is 249 g/mol. The Balaban J connectivity index is 2.09. The maximum atomic E-state index is 6.64. The zero-order valence-electron chi connectivity index (χ0n) is 11.0. The van der Waals surface area contributed by atoms with E-state index in [-0.39, 0.29) is 5.54 Å². The minimum atomic E-state index is -0.265. The largest absolute Gasteiger partial charge is 0.321 e. The van der Waals surface area contributed by atoms with E-state index in [1.165, 1.54) is 16.7 Å². The molecule has 1 unspecified atom stereocenters. The maximum absolute atomic E-state index is 6.64. The number of benzene rings is 2. The van der Waals surface area contributed by atoms with Gasteiger partial charge >= 0.3 is 0 Å². The van der Waals surface area contributed by atoms with Crippen molar-refractivity contribution >= 4 is 0 Å². The van der Waals surface area contributed by atoms with Crippen LogP contribution in [-0.4, -0.2) is 0 Å². The van der Waals surface area contributed by atoms with Crippen LogP contribution in [0.3, 0.4) is 0 Å². The molecule has 0 fully saturated rings. The van der Waals surface area contributed by atoms with E-state index < -0.39 is 0 Å². The third kappa shape index (κ3) is 2.00. The van der Waals surface area contributed by atoms with E-state index in [1.54, 1.807) is 0 Å². The van der Waals surface area contributed by atoms with E-state index in [9.17, 15) is 0 Å². The van der Waals surface area contributed by atoms with Gasteiger partial charge in [0.25, 0.3) is 0 Å². The molecule has 0 heterocycles. The lowest BCUT2D eigenvalue weighted by molar-refractivity contribution is 0.432. The van der Waals surface area contributed by atoms with Crippen LogP contribution in [0.1, 0.15) is 35.4 Å². The van der Waals surface area contributed by atoms with Gasteiger partial charge in [0.2, 0.25) is 0 Å². The quantitative estimate of drug-likeness (QED) is 0.819. The highest BCUT2D eigenvalue weighted by atomic mass is 14.8. The van der Waals surface area contributed by atoms with Gasteiger partial charge in [0.1, 0.15) is 0 Å². The molecule has 1 nitrogen and oxygen atoms in total. The summed E-state index contributed by atoms with van der Waals surface area (Å²) in [5, 5.41) is 0. The number of hydrogen-bond donors (Lipinski definition) is 1. The van der Waals surface area contributed by atoms with Crippen LogP contribution in [-0.2, 0) is 5.54 Å². The molecule has 3 rings (SSSR count). The molecule has 0 amide bonds. The first-order valence-corrected chi connectivity index (χ1v) is 6.79. The van der Waals surface area contributed by atoms with Crippen molar-refractivity contribution in [2.75, 3.05) is 0 Å². The molecule has 2 aromatic carbocycles. The standard InChI is InChI=1S/C18H19N/c1-2-12-18(19)13-16(14-8-4-3-5-9-14)15-10-6-7-11-17(15)18/h2-11,16H,1,12-13,19H2/t16?,18-/m0/s1.